The lowest BCUT2D eigenvalue weighted by Gasteiger charge is -2.19. The maximum absolute atomic E-state index is 10.8. The molecule has 8 nitrogen and oxygen atoms in total. The molecule has 3 aromatic carbocycles. The molecule has 0 bridgehead atoms. The van der Waals surface area contributed by atoms with Crippen LogP contribution in [0.25, 0.3) is 33.1 Å². The normalized spacial score (nSPS) is 14.1. The van der Waals surface area contributed by atoms with Gasteiger partial charge in [-0.3, -0.25) is 0 Å². The Bertz CT molecular complexity index is 1670. The minimum atomic E-state index is -0.723. The van der Waals surface area contributed by atoms with E-state index >= 15 is 0 Å². The molecule has 1 atom stereocenters. The second-order valence-corrected chi connectivity index (χ2v) is 9.42. The maximum Gasteiger partial charge on any atom is 0.231 e. The summed E-state index contributed by atoms with van der Waals surface area (Å²) >= 11 is 0. The molecule has 38 heavy (non-hydrogen) atoms. The van der Waals surface area contributed by atoms with E-state index in [1.807, 2.05) is 41.0 Å². The lowest BCUT2D eigenvalue weighted by atomic mass is 9.95. The molecule has 5 aromatic rings. The molecule has 0 fully saturated rings. The predicted molar refractivity (Wildman–Crippen MR) is 137 cm³/mol. The lowest BCUT2D eigenvalue weighted by Crippen LogP contribution is -3.00. The van der Waals surface area contributed by atoms with Crippen LogP contribution in [0.2, 0.25) is 0 Å². The van der Waals surface area contributed by atoms with E-state index < -0.39 is 6.10 Å². The Morgan fingerprint density at radius 1 is 1.11 bits per heavy atom. The van der Waals surface area contributed by atoms with Gasteiger partial charge in [-0.05, 0) is 47.3 Å². The number of fused-ring (bicyclic) bond motifs is 6. The van der Waals surface area contributed by atoms with Crippen LogP contribution in [0.4, 0.5) is 0 Å². The Kier molecular flexibility index (Phi) is 6.33. The molecule has 0 radical (unpaired) electrons. The molecule has 2 aromatic heterocycles. The van der Waals surface area contributed by atoms with E-state index in [-0.39, 0.29) is 30.4 Å². The van der Waals surface area contributed by atoms with E-state index in [1.165, 1.54) is 5.56 Å². The highest BCUT2D eigenvalue weighted by atomic mass is 79.9. The zero-order chi connectivity index (χ0) is 24.9. The van der Waals surface area contributed by atoms with Crippen LogP contribution in [-0.4, -0.2) is 41.3 Å². The fourth-order valence-corrected chi connectivity index (χ4v) is 5.32. The SMILES string of the molecule is COc1ccc2cc3[n+](cc2c1OCC(O)Cn1cnc2ccccc21)CCc1cc2c(cc1-3)OCO2.[Br-]. The van der Waals surface area contributed by atoms with Gasteiger partial charge >= 0.3 is 0 Å². The number of aryl methyl sites for hydroxylation is 2. The number of para-hydroxylation sites is 2. The average Bonchev–Trinajstić information content (AvgIpc) is 3.56. The molecule has 4 heterocycles. The summed E-state index contributed by atoms with van der Waals surface area (Å²) in [5, 5.41) is 12.8. The van der Waals surface area contributed by atoms with E-state index in [2.05, 4.69) is 33.9 Å². The molecule has 0 saturated heterocycles. The number of aliphatic hydroxyl groups excluding tert-OH is 1. The number of imidazole rings is 1. The van der Waals surface area contributed by atoms with Crippen molar-refractivity contribution in [2.24, 2.45) is 0 Å². The lowest BCUT2D eigenvalue weighted by molar-refractivity contribution is -0.686. The number of rotatable bonds is 6. The third kappa shape index (κ3) is 4.12. The second kappa shape index (κ2) is 9.81. The molecule has 9 heteroatoms. The van der Waals surface area contributed by atoms with E-state index in [9.17, 15) is 5.11 Å². The minimum Gasteiger partial charge on any atom is -1.00 e. The fraction of sp³-hybridized carbons (Fsp3) is 0.241. The van der Waals surface area contributed by atoms with Crippen molar-refractivity contribution >= 4 is 21.8 Å². The van der Waals surface area contributed by atoms with Crippen LogP contribution in [-0.2, 0) is 19.5 Å². The summed E-state index contributed by atoms with van der Waals surface area (Å²) in [5.41, 5.74) is 5.41. The van der Waals surface area contributed by atoms with Gasteiger partial charge in [0.05, 0.1) is 42.0 Å². The second-order valence-electron chi connectivity index (χ2n) is 9.42. The quantitative estimate of drug-likeness (QED) is 0.303. The Morgan fingerprint density at radius 3 is 2.82 bits per heavy atom. The third-order valence-electron chi connectivity index (χ3n) is 7.15. The molecule has 0 saturated carbocycles. The van der Waals surface area contributed by atoms with Crippen LogP contribution in [0.3, 0.4) is 0 Å². The monoisotopic (exact) mass is 575 g/mol. The number of hydrogen-bond donors (Lipinski definition) is 1. The largest absolute Gasteiger partial charge is 1.00 e. The molecule has 1 N–H and O–H groups in total. The Hall–Kier alpha value is -3.82. The van der Waals surface area contributed by atoms with Crippen LogP contribution < -0.4 is 40.5 Å². The first-order valence-corrected chi connectivity index (χ1v) is 12.4. The van der Waals surface area contributed by atoms with Crippen LogP contribution in [0.15, 0.2) is 67.1 Å². The van der Waals surface area contributed by atoms with Gasteiger partial charge in [0.15, 0.2) is 35.7 Å². The van der Waals surface area contributed by atoms with Gasteiger partial charge < -0.3 is 45.6 Å². The van der Waals surface area contributed by atoms with Crippen molar-refractivity contribution in [3.8, 4) is 34.3 Å². The summed E-state index contributed by atoms with van der Waals surface area (Å²) in [7, 11) is 1.63. The molecule has 2 aliphatic rings. The molecule has 0 spiro atoms. The average molecular weight is 576 g/mol. The first-order chi connectivity index (χ1) is 18.2. The van der Waals surface area contributed by atoms with Crippen LogP contribution in [0, 0.1) is 0 Å². The van der Waals surface area contributed by atoms with Gasteiger partial charge in [-0.15, -0.1) is 0 Å². The Morgan fingerprint density at radius 2 is 1.95 bits per heavy atom. The molecule has 7 rings (SSSR count). The number of aromatic nitrogens is 3. The number of methoxy groups -OCH3 is 1. The predicted octanol–water partition coefficient (Wildman–Crippen LogP) is 0.881. The summed E-state index contributed by atoms with van der Waals surface area (Å²) in [4.78, 5) is 4.41. The van der Waals surface area contributed by atoms with Gasteiger partial charge in [-0.25, -0.2) is 4.98 Å². The number of aliphatic hydroxyl groups is 1. The topological polar surface area (TPSA) is 78.9 Å². The molecule has 0 aliphatic carbocycles. The standard InChI is InChI=1S/C29H26N3O5.BrH/c1-34-26-7-6-18-10-25-21-12-28-27(36-17-37-28)11-19(21)8-9-31(25)14-22(18)29(26)35-15-20(33)13-32-16-30-23-4-2-3-5-24(23)32;/h2-7,10-12,14,16,20,33H,8-9,13,15,17H2,1H3;1H/q+1;/p-1. The molecular weight excluding hydrogens is 550 g/mol. The highest BCUT2D eigenvalue weighted by Crippen LogP contribution is 2.41. The fourth-order valence-electron chi connectivity index (χ4n) is 5.32. The van der Waals surface area contributed by atoms with Crippen molar-refractivity contribution in [1.82, 2.24) is 9.55 Å². The van der Waals surface area contributed by atoms with Crippen molar-refractivity contribution in [3.05, 3.63) is 72.7 Å². The number of halogens is 1. The number of ether oxygens (including phenoxy) is 4. The van der Waals surface area contributed by atoms with Gasteiger partial charge in [0.25, 0.3) is 0 Å². The summed E-state index contributed by atoms with van der Waals surface area (Å²) in [6.07, 6.45) is 4.04. The molecule has 0 amide bonds. The maximum atomic E-state index is 10.8. The summed E-state index contributed by atoms with van der Waals surface area (Å²) < 4.78 is 27.3. The summed E-state index contributed by atoms with van der Waals surface area (Å²) in [6.45, 7) is 1.60. The van der Waals surface area contributed by atoms with Crippen LogP contribution in [0.1, 0.15) is 5.56 Å². The van der Waals surface area contributed by atoms with Gasteiger partial charge in [0, 0.05) is 12.5 Å². The first kappa shape index (κ1) is 24.5. The van der Waals surface area contributed by atoms with E-state index in [1.54, 1.807) is 13.4 Å². The van der Waals surface area contributed by atoms with E-state index in [4.69, 9.17) is 18.9 Å². The van der Waals surface area contributed by atoms with Crippen molar-refractivity contribution in [2.75, 3.05) is 20.5 Å². The van der Waals surface area contributed by atoms with Gasteiger partial charge in [-0.2, -0.15) is 4.57 Å². The van der Waals surface area contributed by atoms with E-state index in [0.29, 0.717) is 18.0 Å². The number of pyridine rings is 1. The van der Waals surface area contributed by atoms with E-state index in [0.717, 1.165) is 57.5 Å². The smallest absolute Gasteiger partial charge is 0.231 e. The molecular formula is C29H26BrN3O5. The molecule has 2 aliphatic heterocycles. The van der Waals surface area contributed by atoms with Crippen molar-refractivity contribution in [1.29, 1.82) is 0 Å². The molecule has 1 unspecified atom stereocenters. The summed E-state index contributed by atoms with van der Waals surface area (Å²) in [6, 6.07) is 18.2. The zero-order valence-corrected chi connectivity index (χ0v) is 22.3. The Labute approximate surface area is 229 Å². The third-order valence-corrected chi connectivity index (χ3v) is 7.15. The van der Waals surface area contributed by atoms with Gasteiger partial charge in [0.2, 0.25) is 12.5 Å². The van der Waals surface area contributed by atoms with Crippen molar-refractivity contribution in [3.63, 3.8) is 0 Å². The van der Waals surface area contributed by atoms with Crippen LogP contribution in [0.5, 0.6) is 23.0 Å². The van der Waals surface area contributed by atoms with Crippen molar-refractivity contribution < 1.29 is 45.6 Å². The highest BCUT2D eigenvalue weighted by molar-refractivity contribution is 5.91. The van der Waals surface area contributed by atoms with Gasteiger partial charge in [-0.1, -0.05) is 12.1 Å². The molecule has 194 valence electrons. The summed E-state index contributed by atoms with van der Waals surface area (Å²) in [5.74, 6) is 2.86. The van der Waals surface area contributed by atoms with Crippen molar-refractivity contribution in [2.45, 2.75) is 25.6 Å². The van der Waals surface area contributed by atoms with Crippen LogP contribution >= 0.6 is 0 Å². The van der Waals surface area contributed by atoms with Gasteiger partial charge in [0.1, 0.15) is 12.7 Å². The first-order valence-electron chi connectivity index (χ1n) is 12.4. The zero-order valence-electron chi connectivity index (χ0n) is 20.8. The number of nitrogens with zero attached hydrogens (tertiary/aromatic N) is 3. The minimum absolute atomic E-state index is 0. The highest BCUT2D eigenvalue weighted by Gasteiger charge is 2.28. The number of benzene rings is 3. The number of hydrogen-bond acceptors (Lipinski definition) is 6. The Balaban J connectivity index is 0.00000264.